The Morgan fingerprint density at radius 3 is 2.29 bits per heavy atom. The third-order valence-corrected chi connectivity index (χ3v) is 4.42. The van der Waals surface area contributed by atoms with E-state index in [1.807, 2.05) is 12.1 Å². The molecule has 120 valence electrons. The number of benzene rings is 1. The molecule has 1 aromatic carbocycles. The Labute approximate surface area is 136 Å². The molecule has 0 aliphatic carbocycles. The van der Waals surface area contributed by atoms with Crippen LogP contribution >= 0.6 is 11.6 Å². The number of likely N-dealkylation sites (N-methyl/N-ethyl adjacent to an activating group) is 1. The smallest absolute Gasteiger partial charge is 0.0408 e. The molecule has 0 saturated heterocycles. The number of hydrogen-bond acceptors (Lipinski definition) is 1. The average Bonchev–Trinajstić information content (AvgIpc) is 2.48. The molecule has 0 bridgehead atoms. The molecule has 0 aliphatic rings. The van der Waals surface area contributed by atoms with Crippen LogP contribution in [0.2, 0.25) is 5.02 Å². The summed E-state index contributed by atoms with van der Waals surface area (Å²) in [4.78, 5) is 0. The van der Waals surface area contributed by atoms with Crippen molar-refractivity contribution in [1.29, 1.82) is 0 Å². The van der Waals surface area contributed by atoms with Gasteiger partial charge in [-0.3, -0.25) is 0 Å². The molecule has 1 N–H and O–H groups in total. The zero-order valence-corrected chi connectivity index (χ0v) is 14.6. The lowest BCUT2D eigenvalue weighted by atomic mass is 9.99. The van der Waals surface area contributed by atoms with E-state index in [4.69, 9.17) is 11.6 Å². The molecule has 1 nitrogen and oxygen atoms in total. The van der Waals surface area contributed by atoms with Crippen LogP contribution in [0.5, 0.6) is 0 Å². The first kappa shape index (κ1) is 18.5. The van der Waals surface area contributed by atoms with Crippen LogP contribution < -0.4 is 5.32 Å². The van der Waals surface area contributed by atoms with Crippen LogP contribution in [-0.2, 0) is 6.42 Å². The van der Waals surface area contributed by atoms with Gasteiger partial charge in [0.1, 0.15) is 0 Å². The van der Waals surface area contributed by atoms with E-state index in [-0.39, 0.29) is 0 Å². The molecule has 0 heterocycles. The Balaban J connectivity index is 2.11. The van der Waals surface area contributed by atoms with E-state index in [0.717, 1.165) is 11.4 Å². The van der Waals surface area contributed by atoms with Crippen molar-refractivity contribution >= 4 is 11.6 Å². The van der Waals surface area contributed by atoms with Gasteiger partial charge in [0.05, 0.1) is 0 Å². The second-order valence-electron chi connectivity index (χ2n) is 6.08. The van der Waals surface area contributed by atoms with E-state index in [9.17, 15) is 0 Å². The van der Waals surface area contributed by atoms with Crippen LogP contribution in [0.4, 0.5) is 0 Å². The van der Waals surface area contributed by atoms with Crippen molar-refractivity contribution in [3.63, 3.8) is 0 Å². The minimum atomic E-state index is 0.573. The number of halogens is 1. The zero-order chi connectivity index (χ0) is 15.3. The molecule has 0 saturated carbocycles. The molecule has 0 amide bonds. The van der Waals surface area contributed by atoms with Gasteiger partial charge in [0.25, 0.3) is 0 Å². The lowest BCUT2D eigenvalue weighted by molar-refractivity contribution is 0.477. The minimum Gasteiger partial charge on any atom is -0.317 e. The largest absolute Gasteiger partial charge is 0.317 e. The number of nitrogens with one attached hydrogen (secondary N) is 1. The minimum absolute atomic E-state index is 0.573. The normalized spacial score (nSPS) is 12.5. The molecule has 1 unspecified atom stereocenters. The molecule has 0 aromatic heterocycles. The maximum absolute atomic E-state index is 6.05. The highest BCUT2D eigenvalue weighted by Crippen LogP contribution is 2.15. The summed E-state index contributed by atoms with van der Waals surface area (Å²) in [5.41, 5.74) is 1.33. The summed E-state index contributed by atoms with van der Waals surface area (Å²) in [5.74, 6) is 0. The van der Waals surface area contributed by atoms with Crippen molar-refractivity contribution in [2.75, 3.05) is 7.05 Å². The Morgan fingerprint density at radius 1 is 1.00 bits per heavy atom. The van der Waals surface area contributed by atoms with Crippen molar-refractivity contribution in [3.05, 3.63) is 34.9 Å². The molecular weight excluding hydrogens is 278 g/mol. The summed E-state index contributed by atoms with van der Waals surface area (Å²) in [6.45, 7) is 2.28. The van der Waals surface area contributed by atoms with Crippen molar-refractivity contribution < 1.29 is 0 Å². The topological polar surface area (TPSA) is 12.0 Å². The van der Waals surface area contributed by atoms with E-state index >= 15 is 0 Å². The van der Waals surface area contributed by atoms with E-state index in [1.54, 1.807) is 0 Å². The molecule has 1 aromatic rings. The molecule has 1 atom stereocenters. The fourth-order valence-electron chi connectivity index (χ4n) is 2.82. The van der Waals surface area contributed by atoms with Gasteiger partial charge in [-0.15, -0.1) is 0 Å². The number of unbranched alkanes of at least 4 members (excludes halogenated alkanes) is 7. The number of hydrogen-bond donors (Lipinski definition) is 1. The third kappa shape index (κ3) is 9.16. The predicted molar refractivity (Wildman–Crippen MR) is 95.2 cm³/mol. The van der Waals surface area contributed by atoms with Gasteiger partial charge in [-0.05, 0) is 37.6 Å². The van der Waals surface area contributed by atoms with E-state index in [2.05, 4.69) is 31.4 Å². The van der Waals surface area contributed by atoms with Gasteiger partial charge in [0.2, 0.25) is 0 Å². The summed E-state index contributed by atoms with van der Waals surface area (Å²) < 4.78 is 0. The Morgan fingerprint density at radius 2 is 1.67 bits per heavy atom. The lowest BCUT2D eigenvalue weighted by Gasteiger charge is -2.16. The second kappa shape index (κ2) is 12.1. The molecule has 0 radical (unpaired) electrons. The highest BCUT2D eigenvalue weighted by atomic mass is 35.5. The van der Waals surface area contributed by atoms with Crippen LogP contribution in [0.3, 0.4) is 0 Å². The molecule has 0 spiro atoms. The predicted octanol–water partition coefficient (Wildman–Crippen LogP) is 6.00. The van der Waals surface area contributed by atoms with Crippen molar-refractivity contribution in [3.8, 4) is 0 Å². The molecule has 1 rings (SSSR count). The molecule has 0 aliphatic heterocycles. The molecule has 0 fully saturated rings. The average molecular weight is 310 g/mol. The summed E-state index contributed by atoms with van der Waals surface area (Å²) in [5, 5.41) is 4.29. The monoisotopic (exact) mass is 309 g/mol. The maximum atomic E-state index is 6.05. The first-order valence-corrected chi connectivity index (χ1v) is 9.05. The summed E-state index contributed by atoms with van der Waals surface area (Å²) in [6, 6.07) is 8.81. The SMILES string of the molecule is CCCCCCCCCCC(Cc1cccc(Cl)c1)NC. The van der Waals surface area contributed by atoms with E-state index in [0.29, 0.717) is 6.04 Å². The van der Waals surface area contributed by atoms with Gasteiger partial charge in [0, 0.05) is 11.1 Å². The molecule has 21 heavy (non-hydrogen) atoms. The maximum Gasteiger partial charge on any atom is 0.0408 e. The first-order chi connectivity index (χ1) is 10.3. The van der Waals surface area contributed by atoms with Gasteiger partial charge >= 0.3 is 0 Å². The van der Waals surface area contributed by atoms with Gasteiger partial charge in [-0.1, -0.05) is 82.0 Å². The van der Waals surface area contributed by atoms with Crippen LogP contribution in [0, 0.1) is 0 Å². The van der Waals surface area contributed by atoms with E-state index < -0.39 is 0 Å². The Bertz CT molecular complexity index is 364. The summed E-state index contributed by atoms with van der Waals surface area (Å²) in [7, 11) is 2.07. The Hall–Kier alpha value is -0.530. The first-order valence-electron chi connectivity index (χ1n) is 8.68. The highest BCUT2D eigenvalue weighted by Gasteiger charge is 2.07. The van der Waals surface area contributed by atoms with Gasteiger partial charge < -0.3 is 5.32 Å². The molecular formula is C19H32ClN. The zero-order valence-electron chi connectivity index (χ0n) is 13.8. The van der Waals surface area contributed by atoms with Gasteiger partial charge in [-0.25, -0.2) is 0 Å². The van der Waals surface area contributed by atoms with E-state index in [1.165, 1.54) is 63.4 Å². The standard InChI is InChI=1S/C19H32ClN/c1-3-4-5-6-7-8-9-10-14-19(21-2)16-17-12-11-13-18(20)15-17/h11-13,15,19,21H,3-10,14,16H2,1-2H3. The number of rotatable bonds is 12. The second-order valence-corrected chi connectivity index (χ2v) is 6.52. The van der Waals surface area contributed by atoms with Gasteiger partial charge in [0.15, 0.2) is 0 Å². The van der Waals surface area contributed by atoms with Crippen LogP contribution in [0.15, 0.2) is 24.3 Å². The van der Waals surface area contributed by atoms with Crippen LogP contribution in [0.1, 0.15) is 70.3 Å². The fraction of sp³-hybridized carbons (Fsp3) is 0.684. The highest BCUT2D eigenvalue weighted by molar-refractivity contribution is 6.30. The molecule has 2 heteroatoms. The summed E-state index contributed by atoms with van der Waals surface area (Å²) in [6.07, 6.45) is 13.5. The fourth-order valence-corrected chi connectivity index (χ4v) is 3.03. The Kier molecular flexibility index (Phi) is 10.6. The van der Waals surface area contributed by atoms with Crippen LogP contribution in [0.25, 0.3) is 0 Å². The lowest BCUT2D eigenvalue weighted by Crippen LogP contribution is -2.27. The third-order valence-electron chi connectivity index (χ3n) is 4.19. The van der Waals surface area contributed by atoms with Crippen LogP contribution in [-0.4, -0.2) is 13.1 Å². The quantitative estimate of drug-likeness (QED) is 0.467. The van der Waals surface area contributed by atoms with Gasteiger partial charge in [-0.2, -0.15) is 0 Å². The van der Waals surface area contributed by atoms with Crippen molar-refractivity contribution in [2.24, 2.45) is 0 Å². The van der Waals surface area contributed by atoms with Crippen molar-refractivity contribution in [2.45, 2.75) is 77.2 Å². The van der Waals surface area contributed by atoms with Crippen molar-refractivity contribution in [1.82, 2.24) is 5.32 Å². The summed E-state index contributed by atoms with van der Waals surface area (Å²) >= 11 is 6.05.